The van der Waals surface area contributed by atoms with Gasteiger partial charge >= 0.3 is 0 Å². The Morgan fingerprint density at radius 3 is 3.00 bits per heavy atom. The van der Waals surface area contributed by atoms with Crippen LogP contribution in [0.3, 0.4) is 0 Å². The molecule has 0 unspecified atom stereocenters. The van der Waals surface area contributed by atoms with Crippen molar-refractivity contribution in [2.24, 2.45) is 0 Å². The summed E-state index contributed by atoms with van der Waals surface area (Å²) in [5.74, 6) is -0.261. The first kappa shape index (κ1) is 10.5. The number of nitrogens with two attached hydrogens (primary N) is 1. The van der Waals surface area contributed by atoms with Gasteiger partial charge in [0.15, 0.2) is 0 Å². The highest BCUT2D eigenvalue weighted by Crippen LogP contribution is 2.15. The van der Waals surface area contributed by atoms with Crippen LogP contribution in [-0.4, -0.2) is 20.7 Å². The fraction of sp³-hybridized carbons (Fsp3) is 0.111. The van der Waals surface area contributed by atoms with Crippen molar-refractivity contribution in [1.82, 2.24) is 14.8 Å². The molecule has 82 valence electrons. The molecular weight excluding hydrogens is 226 g/mol. The van der Waals surface area contributed by atoms with Crippen molar-refractivity contribution in [3.05, 3.63) is 29.3 Å². The molecule has 3 N–H and O–H groups in total. The third kappa shape index (κ3) is 2.14. The minimum absolute atomic E-state index is 0.261. The molecule has 1 aromatic heterocycles. The molecule has 0 aliphatic rings. The van der Waals surface area contributed by atoms with Crippen molar-refractivity contribution in [3.63, 3.8) is 0 Å². The maximum atomic E-state index is 11.8. The lowest BCUT2D eigenvalue weighted by atomic mass is 10.1. The van der Waals surface area contributed by atoms with E-state index < -0.39 is 0 Å². The maximum absolute atomic E-state index is 11.8. The lowest BCUT2D eigenvalue weighted by Gasteiger charge is -2.05. The van der Waals surface area contributed by atoms with Gasteiger partial charge in [0.2, 0.25) is 5.13 Å². The van der Waals surface area contributed by atoms with Crippen molar-refractivity contribution in [2.45, 2.75) is 6.92 Å². The molecule has 0 atom stereocenters. The zero-order chi connectivity index (χ0) is 11.5. The van der Waals surface area contributed by atoms with Gasteiger partial charge in [-0.15, -0.1) is 0 Å². The van der Waals surface area contributed by atoms with Crippen LogP contribution in [0.1, 0.15) is 15.9 Å². The predicted octanol–water partition coefficient (Wildman–Crippen LogP) is 1.08. The lowest BCUT2D eigenvalue weighted by molar-refractivity contribution is 0.102. The van der Waals surface area contributed by atoms with Crippen LogP contribution in [0.25, 0.3) is 0 Å². The van der Waals surface area contributed by atoms with Crippen LogP contribution in [0.5, 0.6) is 0 Å². The molecule has 0 bridgehead atoms. The van der Waals surface area contributed by atoms with E-state index in [-0.39, 0.29) is 5.91 Å². The predicted molar refractivity (Wildman–Crippen MR) is 61.2 cm³/mol. The van der Waals surface area contributed by atoms with Crippen LogP contribution >= 0.6 is 11.5 Å². The van der Waals surface area contributed by atoms with E-state index in [1.54, 1.807) is 18.2 Å². The maximum Gasteiger partial charge on any atom is 0.257 e. The molecule has 7 heteroatoms. The van der Waals surface area contributed by atoms with Crippen LogP contribution < -0.4 is 11.1 Å². The van der Waals surface area contributed by atoms with Gasteiger partial charge in [-0.2, -0.15) is 0 Å². The van der Waals surface area contributed by atoms with Crippen molar-refractivity contribution in [3.8, 4) is 0 Å². The summed E-state index contributed by atoms with van der Waals surface area (Å²) in [5.41, 5.74) is 7.54. The average Bonchev–Trinajstić information content (AvgIpc) is 2.74. The number of rotatable bonds is 2. The van der Waals surface area contributed by atoms with E-state index in [4.69, 9.17) is 5.73 Å². The van der Waals surface area contributed by atoms with Gasteiger partial charge in [0.05, 0.1) is 0 Å². The number of hydrogen-bond donors (Lipinski definition) is 2. The molecule has 0 saturated carbocycles. The minimum atomic E-state index is -0.261. The van der Waals surface area contributed by atoms with Crippen molar-refractivity contribution in [2.75, 3.05) is 11.1 Å². The molecule has 0 aliphatic carbocycles. The smallest absolute Gasteiger partial charge is 0.257 e. The summed E-state index contributed by atoms with van der Waals surface area (Å²) in [7, 11) is 0. The van der Waals surface area contributed by atoms with E-state index in [0.717, 1.165) is 17.1 Å². The number of nitrogens with zero attached hydrogens (tertiary/aromatic N) is 3. The Balaban J connectivity index is 2.24. The second kappa shape index (κ2) is 4.23. The Labute approximate surface area is 95.6 Å². The number of hydrogen-bond acceptors (Lipinski definition) is 6. The molecule has 6 nitrogen and oxygen atoms in total. The number of anilines is 2. The van der Waals surface area contributed by atoms with Crippen molar-refractivity contribution >= 4 is 28.3 Å². The third-order valence-electron chi connectivity index (χ3n) is 2.03. The van der Waals surface area contributed by atoms with E-state index in [0.29, 0.717) is 16.4 Å². The zero-order valence-electron chi connectivity index (χ0n) is 8.47. The summed E-state index contributed by atoms with van der Waals surface area (Å²) in [4.78, 5) is 11.8. The van der Waals surface area contributed by atoms with Gasteiger partial charge in [-0.05, 0) is 29.8 Å². The third-order valence-corrected chi connectivity index (χ3v) is 2.54. The van der Waals surface area contributed by atoms with Crippen LogP contribution in [0, 0.1) is 6.92 Å². The molecule has 0 saturated heterocycles. The number of aromatic nitrogens is 3. The summed E-state index contributed by atoms with van der Waals surface area (Å²) in [5, 5.41) is 9.98. The highest BCUT2D eigenvalue weighted by atomic mass is 32.1. The SMILES string of the molecule is Cc1ccc(N)cc1C(=O)Nc1nnns1. The highest BCUT2D eigenvalue weighted by Gasteiger charge is 2.11. The minimum Gasteiger partial charge on any atom is -0.399 e. The number of nitrogens with one attached hydrogen (secondary N) is 1. The summed E-state index contributed by atoms with van der Waals surface area (Å²) < 4.78 is 3.55. The van der Waals surface area contributed by atoms with Gasteiger partial charge in [-0.25, -0.2) is 0 Å². The van der Waals surface area contributed by atoms with Crippen LogP contribution in [-0.2, 0) is 0 Å². The van der Waals surface area contributed by atoms with E-state index in [1.165, 1.54) is 0 Å². The summed E-state index contributed by atoms with van der Waals surface area (Å²) in [6.45, 7) is 1.84. The monoisotopic (exact) mass is 235 g/mol. The van der Waals surface area contributed by atoms with Gasteiger partial charge in [0.25, 0.3) is 5.91 Å². The fourth-order valence-corrected chi connectivity index (χ4v) is 1.59. The lowest BCUT2D eigenvalue weighted by Crippen LogP contribution is -2.13. The molecule has 0 radical (unpaired) electrons. The molecule has 0 aliphatic heterocycles. The molecule has 2 aromatic rings. The van der Waals surface area contributed by atoms with E-state index in [2.05, 4.69) is 20.1 Å². The molecule has 0 spiro atoms. The summed E-state index contributed by atoms with van der Waals surface area (Å²) >= 11 is 1.02. The first-order valence-electron chi connectivity index (χ1n) is 4.49. The Hall–Kier alpha value is -2.02. The Morgan fingerprint density at radius 2 is 2.31 bits per heavy atom. The molecule has 1 heterocycles. The first-order chi connectivity index (χ1) is 7.66. The highest BCUT2D eigenvalue weighted by molar-refractivity contribution is 7.09. The van der Waals surface area contributed by atoms with Gasteiger partial charge in [-0.3, -0.25) is 10.1 Å². The van der Waals surface area contributed by atoms with Crippen LogP contribution in [0.4, 0.5) is 10.8 Å². The van der Waals surface area contributed by atoms with Gasteiger partial charge in [0, 0.05) is 22.8 Å². The van der Waals surface area contributed by atoms with Crippen LogP contribution in [0.15, 0.2) is 18.2 Å². The standard InChI is InChI=1S/C9H9N5OS/c1-5-2-3-6(10)4-7(5)8(15)11-9-12-13-14-16-9/h2-4H,10H2,1H3,(H,11,12,14,15). The van der Waals surface area contributed by atoms with Crippen molar-refractivity contribution < 1.29 is 4.79 Å². The van der Waals surface area contributed by atoms with Gasteiger partial charge in [-0.1, -0.05) is 15.7 Å². The van der Waals surface area contributed by atoms with E-state index >= 15 is 0 Å². The summed E-state index contributed by atoms with van der Waals surface area (Å²) in [6.07, 6.45) is 0. The molecule has 2 rings (SSSR count). The molecular formula is C9H9N5OS. The number of amides is 1. The number of benzene rings is 1. The molecule has 1 amide bonds. The van der Waals surface area contributed by atoms with E-state index in [1.807, 2.05) is 6.92 Å². The topological polar surface area (TPSA) is 93.8 Å². The largest absolute Gasteiger partial charge is 0.399 e. The zero-order valence-corrected chi connectivity index (χ0v) is 9.28. The molecule has 0 fully saturated rings. The Kier molecular flexibility index (Phi) is 2.78. The first-order valence-corrected chi connectivity index (χ1v) is 5.26. The van der Waals surface area contributed by atoms with Crippen molar-refractivity contribution in [1.29, 1.82) is 0 Å². The molecule has 16 heavy (non-hydrogen) atoms. The van der Waals surface area contributed by atoms with Gasteiger partial charge < -0.3 is 5.73 Å². The van der Waals surface area contributed by atoms with Crippen LogP contribution in [0.2, 0.25) is 0 Å². The number of carbonyl (C=O) groups is 1. The van der Waals surface area contributed by atoms with E-state index in [9.17, 15) is 4.79 Å². The quantitative estimate of drug-likeness (QED) is 0.759. The van der Waals surface area contributed by atoms with Gasteiger partial charge in [0.1, 0.15) is 0 Å². The summed E-state index contributed by atoms with van der Waals surface area (Å²) in [6, 6.07) is 5.17. The normalized spacial score (nSPS) is 10.1. The number of aryl methyl sites for hydroxylation is 1. The second-order valence-electron chi connectivity index (χ2n) is 3.20. The number of carbonyl (C=O) groups excluding carboxylic acids is 1. The number of nitrogen functional groups attached to an aromatic ring is 1. The second-order valence-corrected chi connectivity index (χ2v) is 3.93. The Morgan fingerprint density at radius 1 is 1.50 bits per heavy atom. The fourth-order valence-electron chi connectivity index (χ4n) is 1.23. The average molecular weight is 235 g/mol. The molecule has 1 aromatic carbocycles. The Bertz CT molecular complexity index is 511.